The number of piperidine rings is 1. The molecule has 3 fully saturated rings. The van der Waals surface area contributed by atoms with Crippen LogP contribution >= 0.6 is 0 Å². The van der Waals surface area contributed by atoms with Crippen LogP contribution in [0, 0.1) is 34.5 Å². The number of benzene rings is 1. The van der Waals surface area contributed by atoms with E-state index in [0.29, 0.717) is 24.2 Å². The molecule has 32 heavy (non-hydrogen) atoms. The highest BCUT2D eigenvalue weighted by Crippen LogP contribution is 2.65. The van der Waals surface area contributed by atoms with E-state index in [4.69, 9.17) is 0 Å². The number of allylic oxidation sites excluding steroid dienone is 2. The minimum atomic E-state index is -0.375. The van der Waals surface area contributed by atoms with E-state index in [1.165, 1.54) is 5.70 Å². The molecule has 1 aromatic carbocycles. The quantitative estimate of drug-likeness (QED) is 0.678. The van der Waals surface area contributed by atoms with Gasteiger partial charge in [0, 0.05) is 23.5 Å². The van der Waals surface area contributed by atoms with Crippen molar-refractivity contribution < 1.29 is 9.59 Å². The molecule has 2 saturated carbocycles. The van der Waals surface area contributed by atoms with Gasteiger partial charge in [-0.3, -0.25) is 9.59 Å². The van der Waals surface area contributed by atoms with Crippen molar-refractivity contribution in [3.8, 4) is 0 Å². The Bertz CT molecular complexity index is 951. The van der Waals surface area contributed by atoms with E-state index in [0.717, 1.165) is 44.1 Å². The third-order valence-electron chi connectivity index (χ3n) is 9.86. The molecule has 1 aliphatic heterocycles. The van der Waals surface area contributed by atoms with Crippen LogP contribution in [0.1, 0.15) is 78.2 Å². The Balaban J connectivity index is 1.36. The van der Waals surface area contributed by atoms with E-state index in [1.54, 1.807) is 0 Å². The Morgan fingerprint density at radius 1 is 1.06 bits per heavy atom. The molecular formula is C28H38N2O2. The first-order valence-corrected chi connectivity index (χ1v) is 12.5. The van der Waals surface area contributed by atoms with Crippen LogP contribution in [0.4, 0.5) is 0 Å². The lowest BCUT2D eigenvalue weighted by atomic mass is 9.49. The third-order valence-corrected chi connectivity index (χ3v) is 9.86. The van der Waals surface area contributed by atoms with E-state index in [-0.39, 0.29) is 34.1 Å². The van der Waals surface area contributed by atoms with Gasteiger partial charge >= 0.3 is 0 Å². The summed E-state index contributed by atoms with van der Waals surface area (Å²) < 4.78 is 0. The number of hydrogen-bond acceptors (Lipinski definition) is 2. The number of nitrogens with one attached hydrogen (secondary N) is 2. The molecule has 0 spiro atoms. The van der Waals surface area contributed by atoms with Crippen LogP contribution in [0.2, 0.25) is 0 Å². The van der Waals surface area contributed by atoms with E-state index in [9.17, 15) is 9.59 Å². The number of carbonyl (C=O) groups is 2. The van der Waals surface area contributed by atoms with Crippen molar-refractivity contribution in [2.45, 2.75) is 78.2 Å². The SMILES string of the molecule is CC(C)(NC(=O)C1CC[C@H]2[C@@H]3CC=C4NC(=O)CC[C@]4(C)[C@H]3CC[C@]12C)c1ccccc1. The van der Waals surface area contributed by atoms with E-state index >= 15 is 0 Å². The number of rotatable bonds is 3. The maximum Gasteiger partial charge on any atom is 0.224 e. The van der Waals surface area contributed by atoms with Crippen molar-refractivity contribution in [3.05, 3.63) is 47.7 Å². The van der Waals surface area contributed by atoms with Gasteiger partial charge in [0.1, 0.15) is 0 Å². The zero-order valence-electron chi connectivity index (χ0n) is 20.0. The molecule has 0 radical (unpaired) electrons. The predicted octanol–water partition coefficient (Wildman–Crippen LogP) is 5.30. The van der Waals surface area contributed by atoms with Gasteiger partial charge < -0.3 is 10.6 Å². The Morgan fingerprint density at radius 2 is 1.81 bits per heavy atom. The van der Waals surface area contributed by atoms with E-state index in [1.807, 2.05) is 18.2 Å². The lowest BCUT2D eigenvalue weighted by Gasteiger charge is -2.57. The van der Waals surface area contributed by atoms with Gasteiger partial charge in [0.05, 0.1) is 5.54 Å². The second-order valence-corrected chi connectivity index (χ2v) is 11.9. The first-order valence-electron chi connectivity index (χ1n) is 12.5. The molecule has 0 aromatic heterocycles. The summed E-state index contributed by atoms with van der Waals surface area (Å²) in [5.41, 5.74) is 2.11. The molecule has 1 aromatic rings. The molecule has 1 heterocycles. The molecule has 6 atom stereocenters. The third kappa shape index (κ3) is 3.24. The average molecular weight is 435 g/mol. The normalized spacial score (nSPS) is 38.6. The van der Waals surface area contributed by atoms with Crippen molar-refractivity contribution in [1.29, 1.82) is 0 Å². The van der Waals surface area contributed by atoms with Crippen LogP contribution in [0.5, 0.6) is 0 Å². The van der Waals surface area contributed by atoms with Gasteiger partial charge in [-0.15, -0.1) is 0 Å². The maximum atomic E-state index is 13.6. The Morgan fingerprint density at radius 3 is 2.56 bits per heavy atom. The molecule has 1 saturated heterocycles. The van der Waals surface area contributed by atoms with Crippen LogP contribution in [-0.4, -0.2) is 11.8 Å². The van der Waals surface area contributed by atoms with Crippen molar-refractivity contribution in [2.75, 3.05) is 0 Å². The number of carbonyl (C=O) groups excluding carboxylic acids is 2. The summed E-state index contributed by atoms with van der Waals surface area (Å²) in [5, 5.41) is 6.59. The van der Waals surface area contributed by atoms with Gasteiger partial charge in [-0.05, 0) is 81.1 Å². The molecule has 4 heteroatoms. The van der Waals surface area contributed by atoms with Gasteiger partial charge in [-0.2, -0.15) is 0 Å². The summed E-state index contributed by atoms with van der Waals surface area (Å²) in [7, 11) is 0. The van der Waals surface area contributed by atoms with Gasteiger partial charge in [-0.1, -0.05) is 50.3 Å². The van der Waals surface area contributed by atoms with Crippen LogP contribution in [0.15, 0.2) is 42.1 Å². The topological polar surface area (TPSA) is 58.2 Å². The summed E-state index contributed by atoms with van der Waals surface area (Å²) in [5.74, 6) is 2.31. The standard InChI is InChI=1S/C28H38N2O2/c1-26(2,18-8-6-5-7-9-18)30-25(32)22-12-11-20-19-10-13-23-28(4,17-15-24(31)29-23)21(19)14-16-27(20,22)3/h5-9,13,19-22H,10-12,14-17H2,1-4H3,(H,29,31)(H,30,32)/t19-,20-,21-,22?,27-,28+/m0/s1. The van der Waals surface area contributed by atoms with Gasteiger partial charge in [0.2, 0.25) is 11.8 Å². The predicted molar refractivity (Wildman–Crippen MR) is 126 cm³/mol. The van der Waals surface area contributed by atoms with Gasteiger partial charge in [-0.25, -0.2) is 0 Å². The second-order valence-electron chi connectivity index (χ2n) is 11.9. The molecule has 5 rings (SSSR count). The van der Waals surface area contributed by atoms with Crippen molar-refractivity contribution in [1.82, 2.24) is 10.6 Å². The highest BCUT2D eigenvalue weighted by atomic mass is 16.2. The summed E-state index contributed by atoms with van der Waals surface area (Å²) in [4.78, 5) is 25.6. The van der Waals surface area contributed by atoms with Gasteiger partial charge in [0.25, 0.3) is 0 Å². The lowest BCUT2D eigenvalue weighted by Crippen LogP contribution is -2.54. The average Bonchev–Trinajstić information content (AvgIpc) is 3.12. The molecule has 4 aliphatic rings. The zero-order valence-corrected chi connectivity index (χ0v) is 20.0. The van der Waals surface area contributed by atoms with Crippen molar-refractivity contribution in [3.63, 3.8) is 0 Å². The number of fused-ring (bicyclic) bond motifs is 5. The minimum Gasteiger partial charge on any atom is -0.347 e. The summed E-state index contributed by atoms with van der Waals surface area (Å²) >= 11 is 0. The van der Waals surface area contributed by atoms with Crippen molar-refractivity contribution >= 4 is 11.8 Å². The molecule has 4 nitrogen and oxygen atoms in total. The smallest absolute Gasteiger partial charge is 0.224 e. The highest BCUT2D eigenvalue weighted by molar-refractivity contribution is 5.81. The van der Waals surface area contributed by atoms with Crippen LogP contribution in [0.25, 0.3) is 0 Å². The summed E-state index contributed by atoms with van der Waals surface area (Å²) in [6.07, 6.45) is 9.36. The zero-order chi connectivity index (χ0) is 22.7. The summed E-state index contributed by atoms with van der Waals surface area (Å²) in [6, 6.07) is 10.3. The van der Waals surface area contributed by atoms with Crippen molar-refractivity contribution in [2.24, 2.45) is 34.5 Å². The summed E-state index contributed by atoms with van der Waals surface area (Å²) in [6.45, 7) is 8.99. The lowest BCUT2D eigenvalue weighted by molar-refractivity contribution is -0.134. The largest absolute Gasteiger partial charge is 0.347 e. The van der Waals surface area contributed by atoms with Crippen LogP contribution < -0.4 is 10.6 Å². The Labute approximate surface area is 192 Å². The van der Waals surface area contributed by atoms with Crippen LogP contribution in [0.3, 0.4) is 0 Å². The number of amides is 2. The molecule has 1 unspecified atom stereocenters. The highest BCUT2D eigenvalue weighted by Gasteiger charge is 2.60. The molecular weight excluding hydrogens is 396 g/mol. The fraction of sp³-hybridized carbons (Fsp3) is 0.643. The number of hydrogen-bond donors (Lipinski definition) is 2. The van der Waals surface area contributed by atoms with Crippen LogP contribution in [-0.2, 0) is 15.1 Å². The molecule has 3 aliphatic carbocycles. The van der Waals surface area contributed by atoms with Gasteiger partial charge in [0.15, 0.2) is 0 Å². The fourth-order valence-corrected chi connectivity index (χ4v) is 7.95. The first kappa shape index (κ1) is 21.7. The Hall–Kier alpha value is -2.10. The maximum absolute atomic E-state index is 13.6. The fourth-order valence-electron chi connectivity index (χ4n) is 7.95. The Kier molecular flexibility index (Phi) is 5.07. The minimum absolute atomic E-state index is 0.0671. The van der Waals surface area contributed by atoms with E-state index in [2.05, 4.69) is 56.5 Å². The molecule has 0 bridgehead atoms. The monoisotopic (exact) mass is 434 g/mol. The molecule has 172 valence electrons. The molecule has 2 amide bonds. The first-order chi connectivity index (χ1) is 15.1. The van der Waals surface area contributed by atoms with E-state index < -0.39 is 0 Å². The second kappa shape index (κ2) is 7.46. The molecule has 2 N–H and O–H groups in total.